The van der Waals surface area contributed by atoms with Crippen molar-refractivity contribution in [3.63, 3.8) is 0 Å². The molecular weight excluding hydrogens is 220 g/mol. The molecule has 1 saturated carbocycles. The highest BCUT2D eigenvalue weighted by atomic mass is 32.1. The zero-order valence-corrected chi connectivity index (χ0v) is 10.4. The van der Waals surface area contributed by atoms with Gasteiger partial charge < -0.3 is 5.73 Å². The quantitative estimate of drug-likeness (QED) is 0.815. The van der Waals surface area contributed by atoms with Crippen molar-refractivity contribution in [2.75, 3.05) is 0 Å². The molecule has 16 heavy (non-hydrogen) atoms. The lowest BCUT2D eigenvalue weighted by molar-refractivity contribution is 0.824. The van der Waals surface area contributed by atoms with Crippen molar-refractivity contribution in [3.05, 3.63) is 16.2 Å². The zero-order valence-electron chi connectivity index (χ0n) is 9.55. The fraction of sp³-hybridized carbons (Fsp3) is 0.545. The number of nitrogens with two attached hydrogens (primary N) is 1. The topological polar surface area (TPSA) is 64.2 Å². The van der Waals surface area contributed by atoms with Gasteiger partial charge in [-0.15, -0.1) is 10.2 Å². The molecule has 1 fully saturated rings. The average Bonchev–Trinajstić information content (AvgIpc) is 2.94. The van der Waals surface area contributed by atoms with E-state index < -0.39 is 0 Å². The standard InChI is InChI=1S/C11H16N4S/c1-7(2)10-14-15-11(16-10)8(5-12)6-13-9-3-4-9/h5-7,9H,3-4,12H2,1-2H3/b8-5+,13-6?. The predicted molar refractivity (Wildman–Crippen MR) is 67.7 cm³/mol. The summed E-state index contributed by atoms with van der Waals surface area (Å²) in [6.07, 6.45) is 5.77. The SMILES string of the molecule is CC(C)c1nnc(/C(C=NC2CC2)=C/N)s1. The third-order valence-corrected chi connectivity index (χ3v) is 3.61. The molecular formula is C11H16N4S. The number of allylic oxidation sites excluding steroid dienone is 1. The molecule has 0 unspecified atom stereocenters. The van der Waals surface area contributed by atoms with Crippen molar-refractivity contribution in [1.82, 2.24) is 10.2 Å². The Labute approximate surface area is 99.3 Å². The summed E-state index contributed by atoms with van der Waals surface area (Å²) in [7, 11) is 0. The van der Waals surface area contributed by atoms with Gasteiger partial charge in [-0.2, -0.15) is 0 Å². The molecule has 0 aliphatic heterocycles. The van der Waals surface area contributed by atoms with Gasteiger partial charge in [0.25, 0.3) is 0 Å². The van der Waals surface area contributed by atoms with Crippen LogP contribution < -0.4 is 5.73 Å². The third kappa shape index (κ3) is 2.66. The molecule has 0 aromatic carbocycles. The molecule has 1 aliphatic carbocycles. The fourth-order valence-corrected chi connectivity index (χ4v) is 2.00. The van der Waals surface area contributed by atoms with Gasteiger partial charge in [0.15, 0.2) is 5.01 Å². The van der Waals surface area contributed by atoms with Crippen LogP contribution >= 0.6 is 11.3 Å². The van der Waals surface area contributed by atoms with Gasteiger partial charge in [-0.1, -0.05) is 25.2 Å². The molecule has 0 amide bonds. The second-order valence-corrected chi connectivity index (χ2v) is 5.24. The van der Waals surface area contributed by atoms with Crippen molar-refractivity contribution in [3.8, 4) is 0 Å². The second-order valence-electron chi connectivity index (χ2n) is 4.23. The van der Waals surface area contributed by atoms with E-state index in [0.717, 1.165) is 15.6 Å². The van der Waals surface area contributed by atoms with Crippen LogP contribution in [0.25, 0.3) is 5.57 Å². The molecule has 1 aliphatic rings. The lowest BCUT2D eigenvalue weighted by Gasteiger charge is -1.95. The maximum Gasteiger partial charge on any atom is 0.150 e. The van der Waals surface area contributed by atoms with Gasteiger partial charge in [0.05, 0.1) is 6.04 Å². The minimum atomic E-state index is 0.408. The summed E-state index contributed by atoms with van der Waals surface area (Å²) < 4.78 is 0. The Kier molecular flexibility index (Phi) is 3.33. The van der Waals surface area contributed by atoms with E-state index in [4.69, 9.17) is 5.73 Å². The summed E-state index contributed by atoms with van der Waals surface area (Å²) in [4.78, 5) is 4.40. The van der Waals surface area contributed by atoms with E-state index in [1.165, 1.54) is 12.8 Å². The molecule has 0 spiro atoms. The molecule has 86 valence electrons. The maximum atomic E-state index is 5.58. The van der Waals surface area contributed by atoms with Gasteiger partial charge in [0, 0.05) is 23.9 Å². The molecule has 2 rings (SSSR count). The number of aromatic nitrogens is 2. The summed E-state index contributed by atoms with van der Waals surface area (Å²) in [5.74, 6) is 0.408. The van der Waals surface area contributed by atoms with Gasteiger partial charge >= 0.3 is 0 Å². The van der Waals surface area contributed by atoms with Gasteiger partial charge in [0.1, 0.15) is 5.01 Å². The molecule has 1 aromatic heterocycles. The lowest BCUT2D eigenvalue weighted by Crippen LogP contribution is -1.91. The molecule has 0 bridgehead atoms. The third-order valence-electron chi connectivity index (χ3n) is 2.33. The number of hydrogen-bond acceptors (Lipinski definition) is 5. The number of hydrogen-bond donors (Lipinski definition) is 1. The van der Waals surface area contributed by atoms with E-state index in [1.54, 1.807) is 17.5 Å². The van der Waals surface area contributed by atoms with Crippen LogP contribution in [0.5, 0.6) is 0 Å². The van der Waals surface area contributed by atoms with Crippen LogP contribution in [0, 0.1) is 0 Å². The van der Waals surface area contributed by atoms with E-state index >= 15 is 0 Å². The predicted octanol–water partition coefficient (Wildman–Crippen LogP) is 2.19. The second kappa shape index (κ2) is 4.74. The summed E-state index contributed by atoms with van der Waals surface area (Å²) in [6, 6.07) is 0.507. The summed E-state index contributed by atoms with van der Waals surface area (Å²) in [5, 5.41) is 10.2. The van der Waals surface area contributed by atoms with Crippen LogP contribution in [0.3, 0.4) is 0 Å². The highest BCUT2D eigenvalue weighted by Gasteiger charge is 2.19. The Morgan fingerprint density at radius 1 is 1.50 bits per heavy atom. The van der Waals surface area contributed by atoms with E-state index in [0.29, 0.717) is 12.0 Å². The number of aliphatic imine (C=N–C) groups is 1. The highest BCUT2D eigenvalue weighted by molar-refractivity contribution is 7.12. The van der Waals surface area contributed by atoms with E-state index in [2.05, 4.69) is 29.0 Å². The molecule has 0 saturated heterocycles. The van der Waals surface area contributed by atoms with Gasteiger partial charge in [-0.3, -0.25) is 4.99 Å². The number of nitrogens with zero attached hydrogens (tertiary/aromatic N) is 3. The molecule has 5 heteroatoms. The van der Waals surface area contributed by atoms with E-state index in [9.17, 15) is 0 Å². The molecule has 2 N–H and O–H groups in total. The van der Waals surface area contributed by atoms with Crippen molar-refractivity contribution in [2.24, 2.45) is 10.7 Å². The Bertz CT molecular complexity index is 415. The van der Waals surface area contributed by atoms with Crippen molar-refractivity contribution in [2.45, 2.75) is 38.6 Å². The molecule has 0 atom stereocenters. The molecule has 1 heterocycles. The first-order chi connectivity index (χ1) is 7.70. The van der Waals surface area contributed by atoms with Gasteiger partial charge in [-0.25, -0.2) is 0 Å². The first-order valence-corrected chi connectivity index (χ1v) is 6.31. The van der Waals surface area contributed by atoms with E-state index in [-0.39, 0.29) is 0 Å². The van der Waals surface area contributed by atoms with Gasteiger partial charge in [-0.05, 0) is 12.8 Å². The average molecular weight is 236 g/mol. The Balaban J connectivity index is 2.13. The molecule has 4 nitrogen and oxygen atoms in total. The monoisotopic (exact) mass is 236 g/mol. The number of rotatable bonds is 4. The first kappa shape index (κ1) is 11.3. The Hall–Kier alpha value is -1.23. The molecule has 0 radical (unpaired) electrons. The van der Waals surface area contributed by atoms with Crippen LogP contribution in [0.1, 0.15) is 42.6 Å². The van der Waals surface area contributed by atoms with Crippen molar-refractivity contribution >= 4 is 23.1 Å². The van der Waals surface area contributed by atoms with Gasteiger partial charge in [0.2, 0.25) is 0 Å². The van der Waals surface area contributed by atoms with Crippen molar-refractivity contribution in [1.29, 1.82) is 0 Å². The highest BCUT2D eigenvalue weighted by Crippen LogP contribution is 2.26. The summed E-state index contributed by atoms with van der Waals surface area (Å²) in [5.41, 5.74) is 6.45. The van der Waals surface area contributed by atoms with Crippen LogP contribution in [0.15, 0.2) is 11.2 Å². The lowest BCUT2D eigenvalue weighted by atomic mass is 10.2. The van der Waals surface area contributed by atoms with Crippen LogP contribution in [-0.2, 0) is 0 Å². The van der Waals surface area contributed by atoms with Crippen molar-refractivity contribution < 1.29 is 0 Å². The minimum absolute atomic E-state index is 0.408. The van der Waals surface area contributed by atoms with Crippen LogP contribution in [0.4, 0.5) is 0 Å². The largest absolute Gasteiger partial charge is 0.404 e. The first-order valence-electron chi connectivity index (χ1n) is 5.49. The fourth-order valence-electron chi connectivity index (χ4n) is 1.16. The van der Waals surface area contributed by atoms with E-state index in [1.807, 2.05) is 6.21 Å². The summed E-state index contributed by atoms with van der Waals surface area (Å²) in [6.45, 7) is 4.21. The Morgan fingerprint density at radius 3 is 2.75 bits per heavy atom. The maximum absolute atomic E-state index is 5.58. The minimum Gasteiger partial charge on any atom is -0.404 e. The van der Waals surface area contributed by atoms with Crippen LogP contribution in [0.2, 0.25) is 0 Å². The Morgan fingerprint density at radius 2 is 2.25 bits per heavy atom. The smallest absolute Gasteiger partial charge is 0.150 e. The normalized spacial score (nSPS) is 17.6. The van der Waals surface area contributed by atoms with Crippen LogP contribution in [-0.4, -0.2) is 22.5 Å². The summed E-state index contributed by atoms with van der Waals surface area (Å²) >= 11 is 1.58. The molecule has 1 aromatic rings. The zero-order chi connectivity index (χ0) is 11.5.